The molecule has 0 atom stereocenters. The molecule has 2 heterocycles. The summed E-state index contributed by atoms with van der Waals surface area (Å²) in [6.07, 6.45) is 0.903. The normalized spacial score (nSPS) is 10.5. The second kappa shape index (κ2) is 5.80. The monoisotopic (exact) mass is 249 g/mol. The molecule has 2 aromatic heterocycles. The molecule has 0 aliphatic carbocycles. The fraction of sp³-hybridized carbons (Fsp3) is 0.308. The van der Waals surface area contributed by atoms with Gasteiger partial charge in [0.15, 0.2) is 0 Å². The Morgan fingerprint density at radius 1 is 1.35 bits per heavy atom. The van der Waals surface area contributed by atoms with Crippen LogP contribution in [0.3, 0.4) is 0 Å². The molecule has 4 heteroatoms. The molecule has 0 bridgehead atoms. The number of aliphatic hydroxyl groups excluding tert-OH is 1. The summed E-state index contributed by atoms with van der Waals surface area (Å²) in [5, 5.41) is 11.1. The number of aryl methyl sites for hydroxylation is 1. The van der Waals surface area contributed by atoms with Crippen molar-refractivity contribution >= 4 is 11.3 Å². The van der Waals surface area contributed by atoms with Gasteiger partial charge in [0.25, 0.3) is 0 Å². The Balaban J connectivity index is 1.89. The minimum atomic E-state index is 0.0221. The lowest BCUT2D eigenvalue weighted by Gasteiger charge is -2.07. The summed E-state index contributed by atoms with van der Waals surface area (Å²) >= 11 is 1.73. The number of pyridine rings is 1. The number of nitrogens with zero attached hydrogens (tertiary/aromatic N) is 1. The lowest BCUT2D eigenvalue weighted by Crippen LogP contribution is -2.03. The molecule has 0 unspecified atom stereocenters. The molecular formula is C13H15NO2S. The fourth-order valence-electron chi connectivity index (χ4n) is 1.53. The Morgan fingerprint density at radius 2 is 2.24 bits per heavy atom. The molecular weight excluding hydrogens is 234 g/mol. The quantitative estimate of drug-likeness (QED) is 0.885. The van der Waals surface area contributed by atoms with E-state index in [-0.39, 0.29) is 6.61 Å². The number of aromatic nitrogens is 1. The van der Waals surface area contributed by atoms with Crippen LogP contribution in [0.2, 0.25) is 0 Å². The largest absolute Gasteiger partial charge is 0.477 e. The lowest BCUT2D eigenvalue weighted by atomic mass is 10.2. The Labute approximate surface area is 105 Å². The third kappa shape index (κ3) is 3.28. The Kier molecular flexibility index (Phi) is 4.12. The van der Waals surface area contributed by atoms with E-state index in [4.69, 9.17) is 9.84 Å². The summed E-state index contributed by atoms with van der Waals surface area (Å²) in [5.74, 6) is 0.622. The van der Waals surface area contributed by atoms with Crippen molar-refractivity contribution in [1.82, 2.24) is 4.98 Å². The zero-order valence-electron chi connectivity index (χ0n) is 9.72. The van der Waals surface area contributed by atoms with Gasteiger partial charge in [-0.2, -0.15) is 0 Å². The van der Waals surface area contributed by atoms with Crippen LogP contribution in [0.25, 0.3) is 0 Å². The van der Waals surface area contributed by atoms with Crippen molar-refractivity contribution in [2.24, 2.45) is 0 Å². The molecule has 2 rings (SSSR count). The Morgan fingerprint density at radius 3 is 2.88 bits per heavy atom. The van der Waals surface area contributed by atoms with Gasteiger partial charge in [-0.15, -0.1) is 11.3 Å². The van der Waals surface area contributed by atoms with E-state index in [2.05, 4.69) is 16.4 Å². The van der Waals surface area contributed by atoms with Crippen molar-refractivity contribution in [1.29, 1.82) is 0 Å². The van der Waals surface area contributed by atoms with Crippen LogP contribution < -0.4 is 4.74 Å². The van der Waals surface area contributed by atoms with Crippen molar-refractivity contribution in [2.45, 2.75) is 20.0 Å². The zero-order valence-corrected chi connectivity index (χ0v) is 10.5. The summed E-state index contributed by atoms with van der Waals surface area (Å²) < 4.78 is 5.57. The highest BCUT2D eigenvalue weighted by molar-refractivity contribution is 7.09. The van der Waals surface area contributed by atoms with E-state index in [9.17, 15) is 0 Å². The standard InChI is InChI=1S/C13H15NO2S/c1-10-11(9-15)4-5-13(14-10)16-7-6-12-3-2-8-17-12/h2-5,8,15H,6-7,9H2,1H3. The van der Waals surface area contributed by atoms with Gasteiger partial charge in [0.2, 0.25) is 5.88 Å². The molecule has 0 saturated carbocycles. The van der Waals surface area contributed by atoms with Crippen LogP contribution in [-0.4, -0.2) is 16.7 Å². The maximum Gasteiger partial charge on any atom is 0.213 e. The van der Waals surface area contributed by atoms with Crippen LogP contribution in [0.15, 0.2) is 29.6 Å². The molecule has 0 fully saturated rings. The van der Waals surface area contributed by atoms with Gasteiger partial charge in [-0.05, 0) is 30.0 Å². The average molecular weight is 249 g/mol. The van der Waals surface area contributed by atoms with E-state index in [1.165, 1.54) is 4.88 Å². The molecule has 17 heavy (non-hydrogen) atoms. The highest BCUT2D eigenvalue weighted by Gasteiger charge is 2.02. The Bertz CT molecular complexity index is 468. The predicted molar refractivity (Wildman–Crippen MR) is 68.4 cm³/mol. The molecule has 0 spiro atoms. The number of rotatable bonds is 5. The molecule has 3 nitrogen and oxygen atoms in total. The first-order valence-electron chi connectivity index (χ1n) is 5.52. The molecule has 0 amide bonds. The number of hydrogen-bond donors (Lipinski definition) is 1. The summed E-state index contributed by atoms with van der Waals surface area (Å²) in [7, 11) is 0. The van der Waals surface area contributed by atoms with Crippen molar-refractivity contribution in [3.8, 4) is 5.88 Å². The highest BCUT2D eigenvalue weighted by Crippen LogP contribution is 2.14. The summed E-state index contributed by atoms with van der Waals surface area (Å²) in [4.78, 5) is 5.60. The predicted octanol–water partition coefficient (Wildman–Crippen LogP) is 2.57. The first-order valence-corrected chi connectivity index (χ1v) is 6.40. The van der Waals surface area contributed by atoms with Crippen molar-refractivity contribution in [3.05, 3.63) is 45.8 Å². The molecule has 90 valence electrons. The lowest BCUT2D eigenvalue weighted by molar-refractivity contribution is 0.278. The maximum atomic E-state index is 9.03. The van der Waals surface area contributed by atoms with E-state index in [1.54, 1.807) is 17.4 Å². The van der Waals surface area contributed by atoms with Gasteiger partial charge < -0.3 is 9.84 Å². The van der Waals surface area contributed by atoms with Crippen LogP contribution in [0, 0.1) is 6.92 Å². The van der Waals surface area contributed by atoms with E-state index >= 15 is 0 Å². The third-order valence-corrected chi connectivity index (χ3v) is 3.45. The third-order valence-electron chi connectivity index (χ3n) is 2.52. The van der Waals surface area contributed by atoms with Crippen LogP contribution in [-0.2, 0) is 13.0 Å². The molecule has 0 saturated heterocycles. The fourth-order valence-corrected chi connectivity index (χ4v) is 2.22. The summed E-state index contributed by atoms with van der Waals surface area (Å²) in [6.45, 7) is 2.53. The van der Waals surface area contributed by atoms with E-state index < -0.39 is 0 Å². The number of aliphatic hydroxyl groups is 1. The highest BCUT2D eigenvalue weighted by atomic mass is 32.1. The van der Waals surface area contributed by atoms with Gasteiger partial charge in [-0.1, -0.05) is 6.07 Å². The SMILES string of the molecule is Cc1nc(OCCc2cccs2)ccc1CO. The second-order valence-electron chi connectivity index (χ2n) is 3.73. The molecule has 0 aliphatic heterocycles. The van der Waals surface area contributed by atoms with Crippen LogP contribution in [0.4, 0.5) is 0 Å². The summed E-state index contributed by atoms with van der Waals surface area (Å²) in [5.41, 5.74) is 1.66. The minimum absolute atomic E-state index is 0.0221. The van der Waals surface area contributed by atoms with Crippen LogP contribution in [0.1, 0.15) is 16.1 Å². The van der Waals surface area contributed by atoms with Gasteiger partial charge in [0.05, 0.1) is 13.2 Å². The summed E-state index contributed by atoms with van der Waals surface area (Å²) in [6, 6.07) is 7.79. The second-order valence-corrected chi connectivity index (χ2v) is 4.76. The van der Waals surface area contributed by atoms with E-state index in [0.29, 0.717) is 12.5 Å². The van der Waals surface area contributed by atoms with Crippen LogP contribution in [0.5, 0.6) is 5.88 Å². The van der Waals surface area contributed by atoms with Crippen molar-refractivity contribution in [3.63, 3.8) is 0 Å². The molecule has 1 N–H and O–H groups in total. The maximum absolute atomic E-state index is 9.03. The molecule has 0 radical (unpaired) electrons. The number of ether oxygens (including phenoxy) is 1. The minimum Gasteiger partial charge on any atom is -0.477 e. The van der Waals surface area contributed by atoms with Crippen molar-refractivity contribution in [2.75, 3.05) is 6.61 Å². The first kappa shape index (κ1) is 12.1. The average Bonchev–Trinajstić information content (AvgIpc) is 2.82. The van der Waals surface area contributed by atoms with E-state index in [0.717, 1.165) is 17.7 Å². The van der Waals surface area contributed by atoms with Gasteiger partial charge in [0, 0.05) is 23.1 Å². The van der Waals surface area contributed by atoms with E-state index in [1.807, 2.05) is 19.1 Å². The molecule has 0 aromatic carbocycles. The van der Waals surface area contributed by atoms with Crippen molar-refractivity contribution < 1.29 is 9.84 Å². The zero-order chi connectivity index (χ0) is 12.1. The first-order chi connectivity index (χ1) is 8.29. The topological polar surface area (TPSA) is 42.4 Å². The smallest absolute Gasteiger partial charge is 0.213 e. The van der Waals surface area contributed by atoms with Gasteiger partial charge in [-0.25, -0.2) is 4.98 Å². The van der Waals surface area contributed by atoms with Gasteiger partial charge in [-0.3, -0.25) is 0 Å². The number of hydrogen-bond acceptors (Lipinski definition) is 4. The number of thiophene rings is 1. The molecule has 2 aromatic rings. The molecule has 0 aliphatic rings. The van der Waals surface area contributed by atoms with Gasteiger partial charge in [0.1, 0.15) is 0 Å². The Hall–Kier alpha value is -1.39. The van der Waals surface area contributed by atoms with Crippen LogP contribution >= 0.6 is 11.3 Å². The van der Waals surface area contributed by atoms with Gasteiger partial charge >= 0.3 is 0 Å².